The molecule has 4 N–H and O–H groups in total. The van der Waals surface area contributed by atoms with Crippen LogP contribution in [0.1, 0.15) is 62.0 Å². The molecule has 7 nitrogen and oxygen atoms in total. The summed E-state index contributed by atoms with van der Waals surface area (Å²) in [6, 6.07) is 7.23. The molecule has 4 aromatic rings. The molecule has 1 fully saturated rings. The van der Waals surface area contributed by atoms with E-state index in [1.165, 1.54) is 13.8 Å². The molecule has 0 unspecified atom stereocenters. The number of hydrogen-bond donors (Lipinski definition) is 3. The van der Waals surface area contributed by atoms with Crippen LogP contribution < -0.4 is 5.73 Å². The highest BCUT2D eigenvalue weighted by Crippen LogP contribution is 2.37. The van der Waals surface area contributed by atoms with Crippen LogP contribution in [0.4, 0.5) is 8.78 Å². The minimum atomic E-state index is -1.38. The molecule has 0 amide bonds. The number of imidazole rings is 1. The van der Waals surface area contributed by atoms with Crippen molar-refractivity contribution in [3.63, 3.8) is 0 Å². The molecule has 1 aromatic carbocycles. The Morgan fingerprint density at radius 1 is 1.11 bits per heavy atom. The molecule has 3 aromatic heterocycles. The molecule has 1 aliphatic carbocycles. The smallest absolute Gasteiger partial charge is 0.136 e. The van der Waals surface area contributed by atoms with Crippen LogP contribution in [0.2, 0.25) is 0 Å². The van der Waals surface area contributed by atoms with Gasteiger partial charge in [-0.05, 0) is 85.5 Å². The topological polar surface area (TPSA) is 110 Å². The number of nitrogens with zero attached hydrogens (tertiary/aromatic N) is 4. The number of aromatic nitrogens is 4. The van der Waals surface area contributed by atoms with E-state index in [9.17, 15) is 19.0 Å². The van der Waals surface area contributed by atoms with Crippen LogP contribution in [0.5, 0.6) is 0 Å². The number of hydrogen-bond acceptors (Lipinski definition) is 6. The second-order valence-electron chi connectivity index (χ2n) is 10.7. The van der Waals surface area contributed by atoms with Gasteiger partial charge in [0.2, 0.25) is 0 Å². The van der Waals surface area contributed by atoms with Crippen molar-refractivity contribution < 1.29 is 19.0 Å². The summed E-state index contributed by atoms with van der Waals surface area (Å²) in [7, 11) is 0. The Hall–Kier alpha value is -3.27. The lowest BCUT2D eigenvalue weighted by atomic mass is 9.74. The minimum Gasteiger partial charge on any atom is -0.391 e. The Labute approximate surface area is 214 Å². The average molecular weight is 508 g/mol. The van der Waals surface area contributed by atoms with Gasteiger partial charge in [-0.3, -0.25) is 4.98 Å². The first-order valence-electron chi connectivity index (χ1n) is 12.4. The summed E-state index contributed by atoms with van der Waals surface area (Å²) in [6.45, 7) is 4.95. The molecule has 37 heavy (non-hydrogen) atoms. The van der Waals surface area contributed by atoms with E-state index in [1.54, 1.807) is 35.2 Å². The highest BCUT2D eigenvalue weighted by atomic mass is 19.1. The van der Waals surface area contributed by atoms with E-state index in [1.807, 2.05) is 13.0 Å². The van der Waals surface area contributed by atoms with Crippen LogP contribution in [0.3, 0.4) is 0 Å². The SMILES string of the molecule is C[C@H]1C[C@@H](c2ccncc2Cc2ncc3ccc(-c4c(F)cc(C(C)(C)O)cc4F)nn23)C[C@@H](N)[C@@H]1O. The highest BCUT2D eigenvalue weighted by molar-refractivity contribution is 5.63. The predicted molar refractivity (Wildman–Crippen MR) is 136 cm³/mol. The minimum absolute atomic E-state index is 0.0823. The molecule has 4 atom stereocenters. The van der Waals surface area contributed by atoms with Crippen LogP contribution in [0.25, 0.3) is 16.8 Å². The molecule has 0 bridgehead atoms. The molecule has 1 saturated carbocycles. The molecule has 1 aliphatic rings. The van der Waals surface area contributed by atoms with Gasteiger partial charge in [0.25, 0.3) is 0 Å². The van der Waals surface area contributed by atoms with Gasteiger partial charge in [0, 0.05) is 24.9 Å². The summed E-state index contributed by atoms with van der Waals surface area (Å²) in [5.74, 6) is -0.735. The zero-order valence-corrected chi connectivity index (χ0v) is 21.1. The van der Waals surface area contributed by atoms with Crippen LogP contribution in [-0.4, -0.2) is 41.9 Å². The van der Waals surface area contributed by atoms with E-state index in [2.05, 4.69) is 15.1 Å². The fraction of sp³-hybridized carbons (Fsp3) is 0.393. The summed E-state index contributed by atoms with van der Waals surface area (Å²) in [4.78, 5) is 8.84. The number of nitrogens with two attached hydrogens (primary N) is 1. The lowest BCUT2D eigenvalue weighted by Crippen LogP contribution is -2.44. The van der Waals surface area contributed by atoms with Crippen LogP contribution in [0.15, 0.2) is 48.9 Å². The van der Waals surface area contributed by atoms with Crippen molar-refractivity contribution >= 4 is 5.52 Å². The number of pyridine rings is 1. The summed E-state index contributed by atoms with van der Waals surface area (Å²) < 4.78 is 31.6. The zero-order valence-electron chi connectivity index (χ0n) is 21.1. The van der Waals surface area contributed by atoms with E-state index in [-0.39, 0.29) is 34.7 Å². The van der Waals surface area contributed by atoms with E-state index in [0.717, 1.165) is 29.7 Å². The second-order valence-corrected chi connectivity index (χ2v) is 10.7. The van der Waals surface area contributed by atoms with Crippen molar-refractivity contribution in [2.75, 3.05) is 0 Å². The van der Waals surface area contributed by atoms with E-state index in [0.29, 0.717) is 24.2 Å². The fourth-order valence-corrected chi connectivity index (χ4v) is 5.34. The van der Waals surface area contributed by atoms with Gasteiger partial charge in [0.1, 0.15) is 17.5 Å². The van der Waals surface area contributed by atoms with E-state index in [4.69, 9.17) is 5.73 Å². The molecule has 0 radical (unpaired) electrons. The fourth-order valence-electron chi connectivity index (χ4n) is 5.34. The molecular weight excluding hydrogens is 476 g/mol. The van der Waals surface area contributed by atoms with Crippen molar-refractivity contribution in [1.82, 2.24) is 19.6 Å². The Morgan fingerprint density at radius 3 is 2.51 bits per heavy atom. The molecule has 9 heteroatoms. The summed E-state index contributed by atoms with van der Waals surface area (Å²) in [5, 5.41) is 25.0. The van der Waals surface area contributed by atoms with Gasteiger partial charge in [0.05, 0.1) is 34.7 Å². The average Bonchev–Trinajstić information content (AvgIpc) is 3.23. The number of halogens is 2. The molecule has 194 valence electrons. The Kier molecular flexibility index (Phi) is 6.55. The van der Waals surface area contributed by atoms with Crippen molar-refractivity contribution in [2.24, 2.45) is 11.7 Å². The van der Waals surface area contributed by atoms with E-state index < -0.39 is 23.3 Å². The second kappa shape index (κ2) is 9.55. The normalized spacial score (nSPS) is 22.5. The van der Waals surface area contributed by atoms with Gasteiger partial charge in [-0.15, -0.1) is 0 Å². The van der Waals surface area contributed by atoms with Crippen LogP contribution in [0, 0.1) is 17.6 Å². The van der Waals surface area contributed by atoms with Gasteiger partial charge in [-0.1, -0.05) is 6.92 Å². The monoisotopic (exact) mass is 507 g/mol. The third-order valence-electron chi connectivity index (χ3n) is 7.42. The van der Waals surface area contributed by atoms with Crippen molar-refractivity contribution in [1.29, 1.82) is 0 Å². The summed E-state index contributed by atoms with van der Waals surface area (Å²) in [5.41, 5.74) is 7.60. The van der Waals surface area contributed by atoms with Gasteiger partial charge in [-0.25, -0.2) is 18.3 Å². The number of benzene rings is 1. The van der Waals surface area contributed by atoms with E-state index >= 15 is 0 Å². The molecule has 3 heterocycles. The Bertz CT molecular complexity index is 1410. The molecular formula is C28H31F2N5O2. The van der Waals surface area contributed by atoms with Gasteiger partial charge in [-0.2, -0.15) is 5.10 Å². The lowest BCUT2D eigenvalue weighted by molar-refractivity contribution is 0.0519. The predicted octanol–water partition coefficient (Wildman–Crippen LogP) is 4.09. The Balaban J connectivity index is 1.50. The number of aliphatic hydroxyl groups excluding tert-OH is 1. The standard InChI is InChI=1S/C28H31F2N5O2/c1-15-8-16(9-23(31)27(15)36)20-6-7-32-13-17(20)10-25-33-14-19-4-5-24(34-35(19)25)26-21(29)11-18(12-22(26)30)28(2,3)37/h4-7,11-16,23,27,36-37H,8-10,31H2,1-3H3/t15-,16+,23+,27+/m0/s1. The van der Waals surface area contributed by atoms with Crippen LogP contribution >= 0.6 is 0 Å². The summed E-state index contributed by atoms with van der Waals surface area (Å²) in [6.07, 6.45) is 6.61. The third-order valence-corrected chi connectivity index (χ3v) is 7.42. The number of fused-ring (bicyclic) bond motifs is 1. The maximum absolute atomic E-state index is 15.0. The molecule has 0 aliphatic heterocycles. The quantitative estimate of drug-likeness (QED) is 0.375. The van der Waals surface area contributed by atoms with Crippen molar-refractivity contribution in [3.05, 3.63) is 83.1 Å². The maximum atomic E-state index is 15.0. The zero-order chi connectivity index (χ0) is 26.5. The number of aliphatic hydroxyl groups is 2. The first-order chi connectivity index (χ1) is 17.5. The molecule has 0 saturated heterocycles. The molecule has 5 rings (SSSR count). The first-order valence-corrected chi connectivity index (χ1v) is 12.4. The van der Waals surface area contributed by atoms with Crippen molar-refractivity contribution in [2.45, 2.75) is 63.7 Å². The highest BCUT2D eigenvalue weighted by Gasteiger charge is 2.34. The van der Waals surface area contributed by atoms with Gasteiger partial charge in [0.15, 0.2) is 0 Å². The molecule has 0 spiro atoms. The lowest BCUT2D eigenvalue weighted by Gasteiger charge is -2.36. The van der Waals surface area contributed by atoms with Crippen LogP contribution in [-0.2, 0) is 12.0 Å². The third kappa shape index (κ3) is 4.86. The summed E-state index contributed by atoms with van der Waals surface area (Å²) >= 11 is 0. The largest absolute Gasteiger partial charge is 0.391 e. The number of rotatable bonds is 5. The van der Waals surface area contributed by atoms with Crippen molar-refractivity contribution in [3.8, 4) is 11.3 Å². The Morgan fingerprint density at radius 2 is 1.84 bits per heavy atom. The first kappa shape index (κ1) is 25.4. The van der Waals surface area contributed by atoms with Gasteiger partial charge >= 0.3 is 0 Å². The van der Waals surface area contributed by atoms with Gasteiger partial charge < -0.3 is 15.9 Å². The maximum Gasteiger partial charge on any atom is 0.136 e.